The zero-order valence-electron chi connectivity index (χ0n) is 10.9. The zero-order chi connectivity index (χ0) is 14.7. The summed E-state index contributed by atoms with van der Waals surface area (Å²) >= 11 is 7.32. The quantitative estimate of drug-likeness (QED) is 0.873. The molecule has 2 aromatic rings. The Hall–Kier alpha value is -1.59. The summed E-state index contributed by atoms with van der Waals surface area (Å²) in [5.74, 6) is -0.696. The van der Waals surface area contributed by atoms with Crippen LogP contribution in [0.15, 0.2) is 30.3 Å². The van der Waals surface area contributed by atoms with Gasteiger partial charge in [-0.3, -0.25) is 4.79 Å². The maximum Gasteiger partial charge on any atom is 0.254 e. The molecule has 0 fully saturated rings. The van der Waals surface area contributed by atoms with Crippen molar-refractivity contribution in [3.05, 3.63) is 50.9 Å². The van der Waals surface area contributed by atoms with Crippen molar-refractivity contribution in [2.45, 2.75) is 13.5 Å². The van der Waals surface area contributed by atoms with E-state index in [-0.39, 0.29) is 11.6 Å². The number of amides is 1. The third kappa shape index (κ3) is 3.29. The third-order valence-electron chi connectivity index (χ3n) is 2.89. The first-order valence-electron chi connectivity index (χ1n) is 6.09. The number of hydrogen-bond donors (Lipinski definition) is 1. The van der Waals surface area contributed by atoms with Crippen LogP contribution in [0.2, 0.25) is 4.34 Å². The molecule has 0 atom stereocenters. The fraction of sp³-hybridized carbons (Fsp3) is 0.214. The molecule has 1 amide bonds. The van der Waals surface area contributed by atoms with Crippen molar-refractivity contribution in [1.82, 2.24) is 4.90 Å². The highest BCUT2D eigenvalue weighted by Gasteiger charge is 2.16. The average Bonchev–Trinajstić information content (AvgIpc) is 2.84. The van der Waals surface area contributed by atoms with Gasteiger partial charge < -0.3 is 10.6 Å². The minimum Gasteiger partial charge on any atom is -0.396 e. The lowest BCUT2D eigenvalue weighted by Crippen LogP contribution is -2.30. The molecule has 0 aliphatic carbocycles. The smallest absolute Gasteiger partial charge is 0.254 e. The number of nitrogen functional groups attached to an aromatic ring is 1. The van der Waals surface area contributed by atoms with Gasteiger partial charge in [0.15, 0.2) is 0 Å². The predicted molar refractivity (Wildman–Crippen MR) is 80.6 cm³/mol. The molecule has 1 aromatic carbocycles. The van der Waals surface area contributed by atoms with E-state index in [1.165, 1.54) is 29.5 Å². The van der Waals surface area contributed by atoms with Crippen molar-refractivity contribution in [3.8, 4) is 0 Å². The molecule has 0 spiro atoms. The maximum atomic E-state index is 13.1. The largest absolute Gasteiger partial charge is 0.396 e. The number of benzene rings is 1. The molecule has 2 N–H and O–H groups in total. The van der Waals surface area contributed by atoms with Crippen molar-refractivity contribution in [2.75, 3.05) is 12.3 Å². The second kappa shape index (κ2) is 6.24. The lowest BCUT2D eigenvalue weighted by Gasteiger charge is -2.20. The van der Waals surface area contributed by atoms with Gasteiger partial charge >= 0.3 is 0 Å². The first kappa shape index (κ1) is 14.8. The summed E-state index contributed by atoms with van der Waals surface area (Å²) in [6.45, 7) is 2.91. The van der Waals surface area contributed by atoms with Crippen LogP contribution in [0.1, 0.15) is 22.2 Å². The van der Waals surface area contributed by atoms with E-state index in [1.54, 1.807) is 11.0 Å². The normalized spacial score (nSPS) is 10.6. The number of hydrogen-bond acceptors (Lipinski definition) is 3. The Morgan fingerprint density at radius 3 is 2.70 bits per heavy atom. The Morgan fingerprint density at radius 2 is 2.15 bits per heavy atom. The molecule has 0 bridgehead atoms. The van der Waals surface area contributed by atoms with Crippen LogP contribution in [0.3, 0.4) is 0 Å². The number of anilines is 1. The van der Waals surface area contributed by atoms with E-state index in [9.17, 15) is 9.18 Å². The van der Waals surface area contributed by atoms with Gasteiger partial charge in [0.2, 0.25) is 0 Å². The number of nitrogens with zero attached hydrogens (tertiary/aromatic N) is 1. The first-order valence-corrected chi connectivity index (χ1v) is 7.29. The van der Waals surface area contributed by atoms with Crippen LogP contribution < -0.4 is 5.73 Å². The van der Waals surface area contributed by atoms with Crippen LogP contribution in [-0.4, -0.2) is 17.4 Å². The number of nitrogens with two attached hydrogens (primary N) is 1. The van der Waals surface area contributed by atoms with E-state index < -0.39 is 5.82 Å². The summed E-state index contributed by atoms with van der Waals surface area (Å²) in [7, 11) is 0. The van der Waals surface area contributed by atoms with Crippen molar-refractivity contribution >= 4 is 34.5 Å². The molecule has 0 radical (unpaired) electrons. The lowest BCUT2D eigenvalue weighted by atomic mass is 10.1. The van der Waals surface area contributed by atoms with Gasteiger partial charge in [-0.15, -0.1) is 11.3 Å². The summed E-state index contributed by atoms with van der Waals surface area (Å²) in [4.78, 5) is 15.0. The highest BCUT2D eigenvalue weighted by Crippen LogP contribution is 2.23. The molecule has 1 heterocycles. The SMILES string of the molecule is CCN(Cc1ccc(Cl)s1)C(=O)c1ccc(F)c(N)c1. The van der Waals surface area contributed by atoms with Gasteiger partial charge in [-0.25, -0.2) is 4.39 Å². The minimum absolute atomic E-state index is 0.0222. The van der Waals surface area contributed by atoms with E-state index in [1.807, 2.05) is 13.0 Å². The van der Waals surface area contributed by atoms with Crippen LogP contribution in [0.5, 0.6) is 0 Å². The second-order valence-corrected chi connectivity index (χ2v) is 6.06. The zero-order valence-corrected chi connectivity index (χ0v) is 12.5. The molecule has 0 saturated carbocycles. The van der Waals surface area contributed by atoms with Crippen LogP contribution in [-0.2, 0) is 6.54 Å². The van der Waals surface area contributed by atoms with Gasteiger partial charge in [-0.05, 0) is 37.3 Å². The molecule has 0 unspecified atom stereocenters. The molecular formula is C14H14ClFN2OS. The molecule has 106 valence electrons. The molecule has 0 aliphatic rings. The van der Waals surface area contributed by atoms with Gasteiger partial charge in [-0.1, -0.05) is 11.6 Å². The van der Waals surface area contributed by atoms with Crippen LogP contribution in [0, 0.1) is 5.82 Å². The molecule has 2 rings (SSSR count). The number of rotatable bonds is 4. The minimum atomic E-state index is -0.519. The predicted octanol–water partition coefficient (Wildman–Crippen LogP) is 3.79. The van der Waals surface area contributed by atoms with Crippen molar-refractivity contribution in [1.29, 1.82) is 0 Å². The van der Waals surface area contributed by atoms with Gasteiger partial charge in [0.25, 0.3) is 5.91 Å². The van der Waals surface area contributed by atoms with Gasteiger partial charge in [0.05, 0.1) is 16.6 Å². The molecule has 1 aromatic heterocycles. The Morgan fingerprint density at radius 1 is 1.40 bits per heavy atom. The van der Waals surface area contributed by atoms with E-state index in [0.717, 1.165) is 4.88 Å². The monoisotopic (exact) mass is 312 g/mol. The van der Waals surface area contributed by atoms with Gasteiger partial charge in [-0.2, -0.15) is 0 Å². The van der Waals surface area contributed by atoms with Crippen LogP contribution in [0.25, 0.3) is 0 Å². The van der Waals surface area contributed by atoms with Crippen LogP contribution >= 0.6 is 22.9 Å². The molecule has 0 aliphatic heterocycles. The fourth-order valence-electron chi connectivity index (χ4n) is 1.81. The molecule has 0 saturated heterocycles. The number of thiophene rings is 1. The fourth-order valence-corrected chi connectivity index (χ4v) is 2.91. The highest BCUT2D eigenvalue weighted by atomic mass is 35.5. The molecule has 6 heteroatoms. The Labute approximate surface area is 125 Å². The van der Waals surface area contributed by atoms with Crippen molar-refractivity contribution < 1.29 is 9.18 Å². The molecular weight excluding hydrogens is 299 g/mol. The van der Waals surface area contributed by atoms with Crippen molar-refractivity contribution in [3.63, 3.8) is 0 Å². The number of carbonyl (C=O) groups excluding carboxylic acids is 1. The second-order valence-electron chi connectivity index (χ2n) is 4.26. The summed E-state index contributed by atoms with van der Waals surface area (Å²) in [5, 5.41) is 0. The summed E-state index contributed by atoms with van der Waals surface area (Å²) in [6.07, 6.45) is 0. The summed E-state index contributed by atoms with van der Waals surface area (Å²) in [5.41, 5.74) is 5.86. The molecule has 20 heavy (non-hydrogen) atoms. The number of carbonyl (C=O) groups is 1. The maximum absolute atomic E-state index is 13.1. The topological polar surface area (TPSA) is 46.3 Å². The van der Waals surface area contributed by atoms with E-state index in [2.05, 4.69) is 0 Å². The lowest BCUT2D eigenvalue weighted by molar-refractivity contribution is 0.0754. The standard InChI is InChI=1S/C14H14ClFN2OS/c1-2-18(8-10-4-6-13(15)20-10)14(19)9-3-5-11(16)12(17)7-9/h3-7H,2,8,17H2,1H3. The average molecular weight is 313 g/mol. The number of halogens is 2. The van der Waals surface area contributed by atoms with E-state index in [4.69, 9.17) is 17.3 Å². The van der Waals surface area contributed by atoms with E-state index >= 15 is 0 Å². The Bertz CT molecular complexity index is 629. The Balaban J connectivity index is 2.18. The summed E-state index contributed by atoms with van der Waals surface area (Å²) < 4.78 is 13.8. The third-order valence-corrected chi connectivity index (χ3v) is 4.10. The molecule has 3 nitrogen and oxygen atoms in total. The van der Waals surface area contributed by atoms with Gasteiger partial charge in [0.1, 0.15) is 5.82 Å². The highest BCUT2D eigenvalue weighted by molar-refractivity contribution is 7.16. The Kier molecular flexibility index (Phi) is 4.62. The van der Waals surface area contributed by atoms with Crippen molar-refractivity contribution in [2.24, 2.45) is 0 Å². The summed E-state index contributed by atoms with van der Waals surface area (Å²) in [6, 6.07) is 7.70. The van der Waals surface area contributed by atoms with E-state index in [0.29, 0.717) is 23.0 Å². The van der Waals surface area contributed by atoms with Crippen LogP contribution in [0.4, 0.5) is 10.1 Å². The van der Waals surface area contributed by atoms with Gasteiger partial charge in [0, 0.05) is 17.0 Å². The first-order chi connectivity index (χ1) is 9.51.